The SMILES string of the molecule is CCSc1sc(C(=O)CC)c(N)c1C#N. The second kappa shape index (κ2) is 5.19. The number of carbonyl (C=O) groups is 1. The summed E-state index contributed by atoms with van der Waals surface area (Å²) in [7, 11) is 0. The van der Waals surface area contributed by atoms with Crippen molar-refractivity contribution in [2.75, 3.05) is 11.5 Å². The molecule has 1 aromatic heterocycles. The molecule has 0 bridgehead atoms. The number of ketones is 1. The van der Waals surface area contributed by atoms with Crippen molar-refractivity contribution in [3.05, 3.63) is 10.4 Å². The van der Waals surface area contributed by atoms with Crippen LogP contribution in [0.25, 0.3) is 0 Å². The number of thiophene rings is 1. The molecule has 5 heteroatoms. The van der Waals surface area contributed by atoms with Crippen molar-refractivity contribution in [2.45, 2.75) is 24.5 Å². The number of nitrogens with zero attached hydrogens (tertiary/aromatic N) is 1. The first-order valence-electron chi connectivity index (χ1n) is 4.64. The lowest BCUT2D eigenvalue weighted by molar-refractivity contribution is 0.0993. The van der Waals surface area contributed by atoms with Crippen LogP contribution in [0, 0.1) is 11.3 Å². The Balaban J connectivity index is 3.22. The summed E-state index contributed by atoms with van der Waals surface area (Å²) in [6.07, 6.45) is 0.422. The van der Waals surface area contributed by atoms with E-state index in [2.05, 4.69) is 6.07 Å². The minimum absolute atomic E-state index is 0.0111. The number of hydrogen-bond acceptors (Lipinski definition) is 5. The van der Waals surface area contributed by atoms with Gasteiger partial charge < -0.3 is 5.73 Å². The molecule has 0 saturated carbocycles. The summed E-state index contributed by atoms with van der Waals surface area (Å²) in [6.45, 7) is 3.79. The lowest BCUT2D eigenvalue weighted by atomic mass is 10.2. The summed E-state index contributed by atoms with van der Waals surface area (Å²) < 4.78 is 0.856. The molecule has 0 atom stereocenters. The van der Waals surface area contributed by atoms with Crippen LogP contribution in [0.3, 0.4) is 0 Å². The largest absolute Gasteiger partial charge is 0.396 e. The van der Waals surface area contributed by atoms with E-state index in [0.717, 1.165) is 9.96 Å². The van der Waals surface area contributed by atoms with Crippen molar-refractivity contribution in [3.63, 3.8) is 0 Å². The Morgan fingerprint density at radius 1 is 1.60 bits per heavy atom. The van der Waals surface area contributed by atoms with Gasteiger partial charge in [0.15, 0.2) is 5.78 Å². The van der Waals surface area contributed by atoms with Crippen molar-refractivity contribution < 1.29 is 4.79 Å². The third kappa shape index (κ3) is 2.33. The number of rotatable bonds is 4. The van der Waals surface area contributed by atoms with Gasteiger partial charge in [0.1, 0.15) is 11.6 Å². The van der Waals surface area contributed by atoms with E-state index in [1.54, 1.807) is 18.7 Å². The Labute approximate surface area is 97.3 Å². The number of Topliss-reactive ketones (excluding diaryl/α,β-unsaturated/α-hetero) is 1. The zero-order chi connectivity index (χ0) is 11.4. The van der Waals surface area contributed by atoms with E-state index < -0.39 is 0 Å². The molecule has 0 amide bonds. The first kappa shape index (κ1) is 12.1. The highest BCUT2D eigenvalue weighted by atomic mass is 32.2. The van der Waals surface area contributed by atoms with Gasteiger partial charge in [-0.3, -0.25) is 4.79 Å². The zero-order valence-corrected chi connectivity index (χ0v) is 10.3. The number of anilines is 1. The molecule has 0 fully saturated rings. The molecule has 0 saturated heterocycles. The second-order valence-corrected chi connectivity index (χ2v) is 5.38. The summed E-state index contributed by atoms with van der Waals surface area (Å²) in [4.78, 5) is 12.1. The van der Waals surface area contributed by atoms with Gasteiger partial charge >= 0.3 is 0 Å². The Morgan fingerprint density at radius 3 is 2.73 bits per heavy atom. The van der Waals surface area contributed by atoms with Crippen LogP contribution in [-0.2, 0) is 0 Å². The standard InChI is InChI=1S/C10H12N2OS2/c1-3-7(13)9-8(12)6(5-11)10(15-9)14-4-2/h3-4,12H2,1-2H3. The third-order valence-corrected chi connectivity index (χ3v) is 4.27. The Kier molecular flexibility index (Phi) is 4.18. The van der Waals surface area contributed by atoms with Crippen LogP contribution >= 0.6 is 23.1 Å². The molecule has 1 rings (SSSR count). The van der Waals surface area contributed by atoms with Gasteiger partial charge in [-0.2, -0.15) is 5.26 Å². The van der Waals surface area contributed by atoms with Gasteiger partial charge in [-0.15, -0.1) is 23.1 Å². The molecule has 0 radical (unpaired) electrons. The predicted molar refractivity (Wildman–Crippen MR) is 64.5 cm³/mol. The summed E-state index contributed by atoms with van der Waals surface area (Å²) in [5.74, 6) is 0.881. The summed E-state index contributed by atoms with van der Waals surface area (Å²) >= 11 is 2.89. The minimum atomic E-state index is 0.0111. The third-order valence-electron chi connectivity index (χ3n) is 1.87. The van der Waals surface area contributed by atoms with Crippen LogP contribution in [0.4, 0.5) is 5.69 Å². The Hall–Kier alpha value is -0.990. The van der Waals surface area contributed by atoms with Crippen LogP contribution in [0.5, 0.6) is 0 Å². The molecule has 80 valence electrons. The molecule has 0 unspecified atom stereocenters. The van der Waals surface area contributed by atoms with Gasteiger partial charge in [-0.25, -0.2) is 0 Å². The van der Waals surface area contributed by atoms with Crippen molar-refractivity contribution >= 4 is 34.6 Å². The molecule has 2 N–H and O–H groups in total. The number of thioether (sulfide) groups is 1. The van der Waals surface area contributed by atoms with E-state index in [4.69, 9.17) is 11.0 Å². The van der Waals surface area contributed by atoms with Crippen LogP contribution in [-0.4, -0.2) is 11.5 Å². The van der Waals surface area contributed by atoms with Crippen LogP contribution in [0.1, 0.15) is 35.5 Å². The van der Waals surface area contributed by atoms with Gasteiger partial charge in [0, 0.05) is 6.42 Å². The highest BCUT2D eigenvalue weighted by Gasteiger charge is 2.19. The van der Waals surface area contributed by atoms with E-state index in [1.807, 2.05) is 6.92 Å². The maximum absolute atomic E-state index is 11.5. The van der Waals surface area contributed by atoms with Gasteiger partial charge in [0.2, 0.25) is 0 Å². The number of nitrogens with two attached hydrogens (primary N) is 1. The average Bonchev–Trinajstić information content (AvgIpc) is 2.55. The molecule has 0 aromatic carbocycles. The lowest BCUT2D eigenvalue weighted by Gasteiger charge is -1.93. The second-order valence-electron chi connectivity index (χ2n) is 2.83. The highest BCUT2D eigenvalue weighted by Crippen LogP contribution is 2.38. The van der Waals surface area contributed by atoms with E-state index in [1.165, 1.54) is 11.3 Å². The van der Waals surface area contributed by atoms with Crippen LogP contribution in [0.2, 0.25) is 0 Å². The quantitative estimate of drug-likeness (QED) is 0.649. The number of nitrogen functional groups attached to an aromatic ring is 1. The average molecular weight is 240 g/mol. The van der Waals surface area contributed by atoms with E-state index in [-0.39, 0.29) is 5.78 Å². The Bertz CT molecular complexity index is 418. The molecule has 0 aliphatic carbocycles. The first-order valence-corrected chi connectivity index (χ1v) is 6.44. The van der Waals surface area contributed by atoms with E-state index in [9.17, 15) is 4.79 Å². The zero-order valence-electron chi connectivity index (χ0n) is 8.66. The van der Waals surface area contributed by atoms with Crippen molar-refractivity contribution in [2.24, 2.45) is 0 Å². The summed E-state index contributed by atoms with van der Waals surface area (Å²) in [6, 6.07) is 2.06. The fraction of sp³-hybridized carbons (Fsp3) is 0.400. The molecule has 1 aromatic rings. The van der Waals surface area contributed by atoms with Crippen molar-refractivity contribution in [1.82, 2.24) is 0 Å². The smallest absolute Gasteiger partial charge is 0.174 e. The first-order chi connectivity index (χ1) is 7.15. The summed E-state index contributed by atoms with van der Waals surface area (Å²) in [5, 5.41) is 8.95. The van der Waals surface area contributed by atoms with Crippen LogP contribution < -0.4 is 5.73 Å². The number of nitriles is 1. The van der Waals surface area contributed by atoms with E-state index >= 15 is 0 Å². The molecule has 3 nitrogen and oxygen atoms in total. The highest BCUT2D eigenvalue weighted by molar-refractivity contribution is 8.01. The van der Waals surface area contributed by atoms with Crippen molar-refractivity contribution in [1.29, 1.82) is 5.26 Å². The maximum Gasteiger partial charge on any atom is 0.174 e. The Morgan fingerprint density at radius 2 is 2.27 bits per heavy atom. The molecule has 0 aliphatic heterocycles. The summed E-state index contributed by atoms with van der Waals surface area (Å²) in [5.41, 5.74) is 6.59. The predicted octanol–water partition coefficient (Wildman–Crippen LogP) is 2.91. The van der Waals surface area contributed by atoms with Gasteiger partial charge in [0.25, 0.3) is 0 Å². The monoisotopic (exact) mass is 240 g/mol. The lowest BCUT2D eigenvalue weighted by Crippen LogP contribution is -1.98. The topological polar surface area (TPSA) is 66.9 Å². The fourth-order valence-corrected chi connectivity index (χ4v) is 3.44. The molecule has 0 aliphatic rings. The fourth-order valence-electron chi connectivity index (χ4n) is 1.13. The van der Waals surface area contributed by atoms with E-state index in [0.29, 0.717) is 22.5 Å². The van der Waals surface area contributed by atoms with Crippen LogP contribution in [0.15, 0.2) is 4.21 Å². The van der Waals surface area contributed by atoms with Gasteiger partial charge in [0.05, 0.1) is 14.8 Å². The maximum atomic E-state index is 11.5. The van der Waals surface area contributed by atoms with Gasteiger partial charge in [-0.05, 0) is 5.75 Å². The van der Waals surface area contributed by atoms with Crippen molar-refractivity contribution in [3.8, 4) is 6.07 Å². The normalized spacial score (nSPS) is 9.93. The minimum Gasteiger partial charge on any atom is -0.396 e. The molecule has 1 heterocycles. The molecular weight excluding hydrogens is 228 g/mol. The molecule has 15 heavy (non-hydrogen) atoms. The van der Waals surface area contributed by atoms with Gasteiger partial charge in [-0.1, -0.05) is 13.8 Å². The molecule has 0 spiro atoms. The number of carbonyl (C=O) groups excluding carboxylic acids is 1. The molecular formula is C10H12N2OS2. The number of hydrogen-bond donors (Lipinski definition) is 1.